The van der Waals surface area contributed by atoms with Crippen molar-refractivity contribution in [2.75, 3.05) is 12.4 Å². The van der Waals surface area contributed by atoms with Gasteiger partial charge in [0.25, 0.3) is 5.91 Å². The molecule has 2 atom stereocenters. The molecule has 0 fully saturated rings. The first-order valence-corrected chi connectivity index (χ1v) is 13.1. The first-order chi connectivity index (χ1) is 17.9. The molecule has 7 nitrogen and oxygen atoms in total. The fourth-order valence-electron chi connectivity index (χ4n) is 4.24. The van der Waals surface area contributed by atoms with Gasteiger partial charge < -0.3 is 10.1 Å². The van der Waals surface area contributed by atoms with Gasteiger partial charge in [0.1, 0.15) is 11.0 Å². The summed E-state index contributed by atoms with van der Waals surface area (Å²) < 4.78 is 5.28. The molecule has 2 aliphatic heterocycles. The Morgan fingerprint density at radius 3 is 2.59 bits per heavy atom. The van der Waals surface area contributed by atoms with Crippen LogP contribution < -0.4 is 10.1 Å². The molecule has 0 unspecified atom stereocenters. The summed E-state index contributed by atoms with van der Waals surface area (Å²) in [6.07, 6.45) is 0.633. The summed E-state index contributed by atoms with van der Waals surface area (Å²) in [6.45, 7) is 1.98. The summed E-state index contributed by atoms with van der Waals surface area (Å²) >= 11 is 7.56. The van der Waals surface area contributed by atoms with Crippen LogP contribution >= 0.6 is 23.4 Å². The van der Waals surface area contributed by atoms with E-state index in [1.807, 2.05) is 79.7 Å². The number of rotatable bonds is 6. The number of carbonyl (C=O) groups excluding carboxylic acids is 2. The van der Waals surface area contributed by atoms with Crippen LogP contribution in [0.15, 0.2) is 82.9 Å². The number of amides is 2. The Bertz CT molecular complexity index is 1390. The Morgan fingerprint density at radius 1 is 1.14 bits per heavy atom. The number of nitrogens with zero attached hydrogens (tertiary/aromatic N) is 3. The average molecular weight is 533 g/mol. The van der Waals surface area contributed by atoms with Gasteiger partial charge in [0, 0.05) is 23.6 Å². The van der Waals surface area contributed by atoms with Crippen LogP contribution in [-0.4, -0.2) is 40.1 Å². The van der Waals surface area contributed by atoms with Crippen molar-refractivity contribution in [3.8, 4) is 5.75 Å². The van der Waals surface area contributed by atoms with Crippen LogP contribution in [0.5, 0.6) is 5.75 Å². The number of methoxy groups -OCH3 is 1. The van der Waals surface area contributed by atoms with Gasteiger partial charge in [-0.2, -0.15) is 10.1 Å². The van der Waals surface area contributed by atoms with Gasteiger partial charge >= 0.3 is 0 Å². The molecule has 0 spiro atoms. The third kappa shape index (κ3) is 5.70. The Hall–Kier alpha value is -3.62. The molecule has 3 aromatic carbocycles. The maximum absolute atomic E-state index is 12.8. The van der Waals surface area contributed by atoms with Crippen molar-refractivity contribution in [1.82, 2.24) is 5.01 Å². The molecular weight excluding hydrogens is 508 g/mol. The zero-order valence-corrected chi connectivity index (χ0v) is 21.9. The van der Waals surface area contributed by atoms with Crippen LogP contribution in [0.4, 0.5) is 5.69 Å². The van der Waals surface area contributed by atoms with Crippen molar-refractivity contribution in [2.24, 2.45) is 10.1 Å². The summed E-state index contributed by atoms with van der Waals surface area (Å²) in [5.74, 6) is 0.192. The van der Waals surface area contributed by atoms with E-state index in [2.05, 4.69) is 10.3 Å². The molecule has 0 aliphatic carbocycles. The summed E-state index contributed by atoms with van der Waals surface area (Å²) in [6, 6.07) is 22.7. The van der Waals surface area contributed by atoms with Gasteiger partial charge in [-0.15, -0.1) is 0 Å². The average Bonchev–Trinajstić information content (AvgIpc) is 3.49. The van der Waals surface area contributed by atoms with E-state index in [1.54, 1.807) is 12.1 Å². The van der Waals surface area contributed by atoms with Crippen LogP contribution in [0.25, 0.3) is 0 Å². The first-order valence-electron chi connectivity index (χ1n) is 11.8. The lowest BCUT2D eigenvalue weighted by Gasteiger charge is -2.23. The quantitative estimate of drug-likeness (QED) is 0.431. The SMILES string of the molecule is COc1ccc(C2=NN(C3=NC(=O)[C@@H](CC(=O)Nc4ccc(C)cc4)S3)[C@@H](c3cccc(Cl)c3)C2)cc1. The predicted octanol–water partition coefficient (Wildman–Crippen LogP) is 5.83. The monoisotopic (exact) mass is 532 g/mol. The molecule has 0 saturated carbocycles. The number of anilines is 1. The number of carbonyl (C=O) groups is 2. The van der Waals surface area contributed by atoms with E-state index < -0.39 is 5.25 Å². The molecule has 5 rings (SSSR count). The molecule has 2 aliphatic rings. The summed E-state index contributed by atoms with van der Waals surface area (Å²) in [7, 11) is 1.63. The number of amidine groups is 1. The lowest BCUT2D eigenvalue weighted by Crippen LogP contribution is -2.25. The summed E-state index contributed by atoms with van der Waals surface area (Å²) in [4.78, 5) is 29.7. The molecule has 2 heterocycles. The second-order valence-electron chi connectivity index (χ2n) is 8.85. The number of hydrogen-bond acceptors (Lipinski definition) is 6. The number of halogens is 1. The predicted molar refractivity (Wildman–Crippen MR) is 148 cm³/mol. The number of ether oxygens (including phenoxy) is 1. The number of hydrazone groups is 1. The second kappa shape index (κ2) is 10.8. The highest BCUT2D eigenvalue weighted by molar-refractivity contribution is 8.15. The zero-order valence-electron chi connectivity index (χ0n) is 20.3. The third-order valence-corrected chi connectivity index (χ3v) is 7.58. The molecule has 0 aromatic heterocycles. The molecule has 0 saturated heterocycles. The standard InChI is InChI=1S/C28H25ClN4O3S/c1-17-6-10-21(11-7-17)30-26(34)16-25-27(35)31-28(37-25)33-24(19-4-3-5-20(29)14-19)15-23(32-33)18-8-12-22(36-2)13-9-18/h3-14,24-25H,15-16H2,1-2H3,(H,30,34)/t24-,25-/m1/s1. The minimum atomic E-state index is -0.610. The largest absolute Gasteiger partial charge is 0.497 e. The molecule has 9 heteroatoms. The maximum atomic E-state index is 12.8. The van der Waals surface area contributed by atoms with E-state index in [4.69, 9.17) is 21.4 Å². The second-order valence-corrected chi connectivity index (χ2v) is 10.5. The van der Waals surface area contributed by atoms with Crippen molar-refractivity contribution in [1.29, 1.82) is 0 Å². The molecule has 37 heavy (non-hydrogen) atoms. The zero-order chi connectivity index (χ0) is 25.9. The van der Waals surface area contributed by atoms with Crippen LogP contribution in [0.1, 0.15) is 35.6 Å². The van der Waals surface area contributed by atoms with Crippen molar-refractivity contribution in [3.05, 3.63) is 94.5 Å². The minimum Gasteiger partial charge on any atom is -0.497 e. The van der Waals surface area contributed by atoms with E-state index in [9.17, 15) is 9.59 Å². The maximum Gasteiger partial charge on any atom is 0.262 e. The smallest absolute Gasteiger partial charge is 0.262 e. The fraction of sp³-hybridized carbons (Fsp3) is 0.214. The first kappa shape index (κ1) is 25.0. The van der Waals surface area contributed by atoms with Crippen LogP contribution in [0.3, 0.4) is 0 Å². The molecule has 2 amide bonds. The van der Waals surface area contributed by atoms with Gasteiger partial charge in [-0.25, -0.2) is 5.01 Å². The van der Waals surface area contributed by atoms with Crippen molar-refractivity contribution in [2.45, 2.75) is 31.1 Å². The number of benzene rings is 3. The summed E-state index contributed by atoms with van der Waals surface area (Å²) in [5, 5.41) is 10.0. The number of aliphatic imine (C=N–C) groups is 1. The summed E-state index contributed by atoms with van der Waals surface area (Å²) in [5.41, 5.74) is 4.59. The highest BCUT2D eigenvalue weighted by Crippen LogP contribution is 2.39. The third-order valence-electron chi connectivity index (χ3n) is 6.20. The number of hydrogen-bond donors (Lipinski definition) is 1. The van der Waals surface area contributed by atoms with E-state index >= 15 is 0 Å². The van der Waals surface area contributed by atoms with Gasteiger partial charge in [0.2, 0.25) is 5.91 Å². The van der Waals surface area contributed by atoms with Gasteiger partial charge in [0.15, 0.2) is 5.17 Å². The Morgan fingerprint density at radius 2 is 1.89 bits per heavy atom. The molecule has 1 N–H and O–H groups in total. The fourth-order valence-corrected chi connectivity index (χ4v) is 5.50. The van der Waals surface area contributed by atoms with Crippen molar-refractivity contribution >= 4 is 51.7 Å². The normalized spacial score (nSPS) is 19.0. The van der Waals surface area contributed by atoms with E-state index in [-0.39, 0.29) is 24.3 Å². The van der Waals surface area contributed by atoms with Gasteiger partial charge in [-0.3, -0.25) is 9.59 Å². The lowest BCUT2D eigenvalue weighted by molar-refractivity contribution is -0.121. The molecule has 3 aromatic rings. The van der Waals surface area contributed by atoms with Crippen LogP contribution in [0.2, 0.25) is 5.02 Å². The van der Waals surface area contributed by atoms with Crippen LogP contribution in [0, 0.1) is 6.92 Å². The van der Waals surface area contributed by atoms with Gasteiger partial charge in [-0.1, -0.05) is 53.2 Å². The highest BCUT2D eigenvalue weighted by atomic mass is 35.5. The Labute approximate surface area is 224 Å². The number of thioether (sulfide) groups is 1. The van der Waals surface area contributed by atoms with E-state index in [1.165, 1.54) is 11.8 Å². The van der Waals surface area contributed by atoms with E-state index in [0.29, 0.717) is 22.3 Å². The van der Waals surface area contributed by atoms with Gasteiger partial charge in [-0.05, 0) is 66.6 Å². The highest BCUT2D eigenvalue weighted by Gasteiger charge is 2.39. The molecule has 0 bridgehead atoms. The lowest BCUT2D eigenvalue weighted by atomic mass is 9.98. The topological polar surface area (TPSA) is 83.4 Å². The number of nitrogens with one attached hydrogen (secondary N) is 1. The molecule has 0 radical (unpaired) electrons. The van der Waals surface area contributed by atoms with E-state index in [0.717, 1.165) is 28.2 Å². The van der Waals surface area contributed by atoms with Crippen molar-refractivity contribution in [3.63, 3.8) is 0 Å². The van der Waals surface area contributed by atoms with Crippen LogP contribution in [-0.2, 0) is 9.59 Å². The molecule has 188 valence electrons. The Kier molecular flexibility index (Phi) is 7.30. The minimum absolute atomic E-state index is 0.0229. The van der Waals surface area contributed by atoms with Crippen molar-refractivity contribution < 1.29 is 14.3 Å². The molecular formula is C28H25ClN4O3S. The van der Waals surface area contributed by atoms with Gasteiger partial charge in [0.05, 0.1) is 18.9 Å². The Balaban J connectivity index is 1.35. The number of aryl methyl sites for hydroxylation is 1.